The monoisotopic (exact) mass is 243 g/mol. The van der Waals surface area contributed by atoms with Gasteiger partial charge in [0.05, 0.1) is 5.92 Å². The molecule has 0 amide bonds. The number of nitrogens with one attached hydrogen (secondary N) is 1. The van der Waals surface area contributed by atoms with Crippen molar-refractivity contribution in [2.75, 3.05) is 20.2 Å². The Morgan fingerprint density at radius 2 is 1.71 bits per heavy atom. The Morgan fingerprint density at radius 1 is 1.18 bits per heavy atom. The van der Waals surface area contributed by atoms with Gasteiger partial charge in [-0.2, -0.15) is 0 Å². The Labute approximate surface area is 106 Å². The van der Waals surface area contributed by atoms with Crippen LogP contribution in [0.3, 0.4) is 0 Å². The Bertz CT molecular complexity index is 236. The SMILES string of the molecule is CNCCOC(=O)C(CC(C)(C)C)C(C)(C)C. The molecular weight excluding hydrogens is 214 g/mol. The molecule has 0 aromatic carbocycles. The fraction of sp³-hybridized carbons (Fsp3) is 0.929. The van der Waals surface area contributed by atoms with Crippen molar-refractivity contribution in [1.29, 1.82) is 0 Å². The van der Waals surface area contributed by atoms with Crippen molar-refractivity contribution in [3.63, 3.8) is 0 Å². The van der Waals surface area contributed by atoms with Crippen LogP contribution in [0.1, 0.15) is 48.0 Å². The second-order valence-corrected chi connectivity index (χ2v) is 6.95. The van der Waals surface area contributed by atoms with Gasteiger partial charge in [0.1, 0.15) is 6.61 Å². The standard InChI is InChI=1S/C14H29NO2/c1-13(2,3)10-11(14(4,5)6)12(16)17-9-8-15-7/h11,15H,8-10H2,1-7H3. The molecule has 0 aliphatic rings. The number of esters is 1. The number of likely N-dealkylation sites (N-methyl/N-ethyl adjacent to an activating group) is 1. The fourth-order valence-corrected chi connectivity index (χ4v) is 1.71. The lowest BCUT2D eigenvalue weighted by Gasteiger charge is -2.33. The molecule has 3 nitrogen and oxygen atoms in total. The summed E-state index contributed by atoms with van der Waals surface area (Å²) in [6, 6.07) is 0. The van der Waals surface area contributed by atoms with Crippen LogP contribution in [0.5, 0.6) is 0 Å². The lowest BCUT2D eigenvalue weighted by molar-refractivity contribution is -0.153. The second-order valence-electron chi connectivity index (χ2n) is 6.95. The van der Waals surface area contributed by atoms with Gasteiger partial charge in [-0.1, -0.05) is 41.5 Å². The van der Waals surface area contributed by atoms with Crippen LogP contribution in [0, 0.1) is 16.7 Å². The minimum atomic E-state index is -0.0670. The highest BCUT2D eigenvalue weighted by molar-refractivity contribution is 5.73. The van der Waals surface area contributed by atoms with Crippen LogP contribution in [0.4, 0.5) is 0 Å². The van der Waals surface area contributed by atoms with E-state index in [1.807, 2.05) is 7.05 Å². The normalized spacial score (nSPS) is 14.5. The molecule has 1 atom stereocenters. The molecule has 0 fully saturated rings. The molecule has 0 rings (SSSR count). The van der Waals surface area contributed by atoms with E-state index in [1.165, 1.54) is 0 Å². The number of carbonyl (C=O) groups excluding carboxylic acids is 1. The maximum Gasteiger partial charge on any atom is 0.309 e. The molecule has 0 bridgehead atoms. The van der Waals surface area contributed by atoms with Gasteiger partial charge in [-0.25, -0.2) is 0 Å². The Morgan fingerprint density at radius 3 is 2.06 bits per heavy atom. The van der Waals surface area contributed by atoms with Gasteiger partial charge in [0.2, 0.25) is 0 Å². The molecule has 17 heavy (non-hydrogen) atoms. The van der Waals surface area contributed by atoms with E-state index in [2.05, 4.69) is 46.9 Å². The van der Waals surface area contributed by atoms with Gasteiger partial charge >= 0.3 is 5.97 Å². The van der Waals surface area contributed by atoms with Crippen LogP contribution in [0.2, 0.25) is 0 Å². The third kappa shape index (κ3) is 7.37. The van der Waals surface area contributed by atoms with E-state index in [0.29, 0.717) is 13.2 Å². The van der Waals surface area contributed by atoms with E-state index in [4.69, 9.17) is 4.74 Å². The van der Waals surface area contributed by atoms with E-state index in [9.17, 15) is 4.79 Å². The highest BCUT2D eigenvalue weighted by Gasteiger charge is 2.35. The summed E-state index contributed by atoms with van der Waals surface area (Å²) in [6.07, 6.45) is 0.856. The molecule has 0 aliphatic carbocycles. The van der Waals surface area contributed by atoms with Gasteiger partial charge in [-0.15, -0.1) is 0 Å². The first-order chi connectivity index (χ1) is 7.58. The molecule has 102 valence electrons. The van der Waals surface area contributed by atoms with Gasteiger partial charge < -0.3 is 10.1 Å². The zero-order valence-electron chi connectivity index (χ0n) is 12.5. The molecular formula is C14H29NO2. The number of hydrogen-bond acceptors (Lipinski definition) is 3. The largest absolute Gasteiger partial charge is 0.464 e. The number of hydrogen-bond donors (Lipinski definition) is 1. The molecule has 1 unspecified atom stereocenters. The molecule has 1 N–H and O–H groups in total. The molecule has 0 saturated carbocycles. The average molecular weight is 243 g/mol. The van der Waals surface area contributed by atoms with E-state index in [1.54, 1.807) is 0 Å². The second kappa shape index (κ2) is 6.39. The van der Waals surface area contributed by atoms with Gasteiger partial charge in [0.15, 0.2) is 0 Å². The van der Waals surface area contributed by atoms with E-state index < -0.39 is 0 Å². The number of rotatable bonds is 5. The van der Waals surface area contributed by atoms with Crippen molar-refractivity contribution in [2.24, 2.45) is 16.7 Å². The smallest absolute Gasteiger partial charge is 0.309 e. The molecule has 0 aromatic heterocycles. The minimum absolute atomic E-state index is 0.0423. The lowest BCUT2D eigenvalue weighted by atomic mass is 9.72. The van der Waals surface area contributed by atoms with Gasteiger partial charge in [-0.05, 0) is 24.3 Å². The van der Waals surface area contributed by atoms with Gasteiger partial charge in [0, 0.05) is 6.54 Å². The third-order valence-corrected chi connectivity index (χ3v) is 2.74. The predicted molar refractivity (Wildman–Crippen MR) is 71.9 cm³/mol. The molecule has 3 heteroatoms. The molecule has 0 radical (unpaired) electrons. The summed E-state index contributed by atoms with van der Waals surface area (Å²) in [7, 11) is 1.85. The van der Waals surface area contributed by atoms with Crippen molar-refractivity contribution >= 4 is 5.97 Å². The summed E-state index contributed by atoms with van der Waals surface area (Å²) in [4.78, 5) is 12.1. The minimum Gasteiger partial charge on any atom is -0.464 e. The zero-order valence-corrected chi connectivity index (χ0v) is 12.5. The number of carbonyl (C=O) groups is 1. The Kier molecular flexibility index (Phi) is 6.17. The van der Waals surface area contributed by atoms with Crippen molar-refractivity contribution < 1.29 is 9.53 Å². The average Bonchev–Trinajstić information content (AvgIpc) is 2.11. The summed E-state index contributed by atoms with van der Waals surface area (Å²) in [5.74, 6) is -0.109. The molecule has 0 spiro atoms. The lowest BCUT2D eigenvalue weighted by Crippen LogP contribution is -2.34. The van der Waals surface area contributed by atoms with Crippen molar-refractivity contribution in [3.8, 4) is 0 Å². The predicted octanol–water partition coefficient (Wildman–Crippen LogP) is 2.85. The van der Waals surface area contributed by atoms with E-state index in [-0.39, 0.29) is 22.7 Å². The first kappa shape index (κ1) is 16.4. The van der Waals surface area contributed by atoms with Crippen molar-refractivity contribution in [2.45, 2.75) is 48.0 Å². The summed E-state index contributed by atoms with van der Waals surface area (Å²) < 4.78 is 5.32. The van der Waals surface area contributed by atoms with Crippen LogP contribution >= 0.6 is 0 Å². The van der Waals surface area contributed by atoms with E-state index >= 15 is 0 Å². The maximum absolute atomic E-state index is 12.1. The van der Waals surface area contributed by atoms with E-state index in [0.717, 1.165) is 6.42 Å². The Hall–Kier alpha value is -0.570. The summed E-state index contributed by atoms with van der Waals surface area (Å²) in [5, 5.41) is 2.97. The molecule has 0 heterocycles. The van der Waals surface area contributed by atoms with Crippen molar-refractivity contribution in [3.05, 3.63) is 0 Å². The molecule has 0 saturated heterocycles. The number of ether oxygens (including phenoxy) is 1. The molecule has 0 aliphatic heterocycles. The highest BCUT2D eigenvalue weighted by atomic mass is 16.5. The van der Waals surface area contributed by atoms with Crippen LogP contribution in [0.15, 0.2) is 0 Å². The third-order valence-electron chi connectivity index (χ3n) is 2.74. The first-order valence-corrected chi connectivity index (χ1v) is 6.39. The maximum atomic E-state index is 12.1. The summed E-state index contributed by atoms with van der Waals surface area (Å²) in [6.45, 7) is 13.9. The van der Waals surface area contributed by atoms with Crippen molar-refractivity contribution in [1.82, 2.24) is 5.32 Å². The molecule has 0 aromatic rings. The Balaban J connectivity index is 4.54. The van der Waals surface area contributed by atoms with Gasteiger partial charge in [-0.3, -0.25) is 4.79 Å². The summed E-state index contributed by atoms with van der Waals surface area (Å²) >= 11 is 0. The van der Waals surface area contributed by atoms with Crippen LogP contribution in [-0.4, -0.2) is 26.2 Å². The quantitative estimate of drug-likeness (QED) is 0.596. The zero-order chi connectivity index (χ0) is 13.7. The fourth-order valence-electron chi connectivity index (χ4n) is 1.71. The van der Waals surface area contributed by atoms with Crippen LogP contribution in [-0.2, 0) is 9.53 Å². The first-order valence-electron chi connectivity index (χ1n) is 6.39. The van der Waals surface area contributed by atoms with Crippen LogP contribution < -0.4 is 5.32 Å². The highest BCUT2D eigenvalue weighted by Crippen LogP contribution is 2.36. The topological polar surface area (TPSA) is 38.3 Å². The van der Waals surface area contributed by atoms with Crippen LogP contribution in [0.25, 0.3) is 0 Å². The summed E-state index contributed by atoms with van der Waals surface area (Å²) in [5.41, 5.74) is 0.0873. The van der Waals surface area contributed by atoms with Gasteiger partial charge in [0.25, 0.3) is 0 Å².